The topological polar surface area (TPSA) is 70.6 Å². The molecule has 19 heavy (non-hydrogen) atoms. The first kappa shape index (κ1) is 16.2. The summed E-state index contributed by atoms with van der Waals surface area (Å²) in [5.41, 5.74) is -0.445. The minimum atomic E-state index is -0.445. The number of alkyl carbamates (subject to hydrolysis) is 1. The van der Waals surface area contributed by atoms with Crippen molar-refractivity contribution in [3.05, 3.63) is 0 Å². The molecule has 3 N–H and O–H groups in total. The third-order valence-electron chi connectivity index (χ3n) is 3.30. The molecule has 1 aliphatic rings. The van der Waals surface area contributed by atoms with Crippen LogP contribution in [0.2, 0.25) is 0 Å². The van der Waals surface area contributed by atoms with E-state index in [-0.39, 0.29) is 18.7 Å². The number of ether oxygens (including phenoxy) is 1. The molecule has 1 atom stereocenters. The molecule has 1 rings (SSSR count). The van der Waals surface area contributed by atoms with Gasteiger partial charge >= 0.3 is 6.09 Å². The lowest BCUT2D eigenvalue weighted by Crippen LogP contribution is -2.55. The van der Waals surface area contributed by atoms with Gasteiger partial charge in [-0.15, -0.1) is 0 Å². The van der Waals surface area contributed by atoms with E-state index < -0.39 is 5.60 Å². The molecule has 5 nitrogen and oxygen atoms in total. The van der Waals surface area contributed by atoms with Crippen LogP contribution in [0.15, 0.2) is 0 Å². The van der Waals surface area contributed by atoms with E-state index in [9.17, 15) is 4.79 Å². The van der Waals surface area contributed by atoms with Crippen LogP contribution in [0.3, 0.4) is 0 Å². The molecule has 1 unspecified atom stereocenters. The molecule has 1 saturated carbocycles. The summed E-state index contributed by atoms with van der Waals surface area (Å²) in [7, 11) is 0. The highest BCUT2D eigenvalue weighted by molar-refractivity contribution is 5.68. The van der Waals surface area contributed by atoms with E-state index in [1.165, 1.54) is 0 Å². The maximum atomic E-state index is 11.6. The molecule has 1 fully saturated rings. The van der Waals surface area contributed by atoms with E-state index in [1.807, 2.05) is 20.8 Å². The van der Waals surface area contributed by atoms with Crippen molar-refractivity contribution in [1.82, 2.24) is 10.6 Å². The van der Waals surface area contributed by atoms with E-state index >= 15 is 0 Å². The number of rotatable bonds is 6. The van der Waals surface area contributed by atoms with Crippen molar-refractivity contribution in [3.8, 4) is 0 Å². The van der Waals surface area contributed by atoms with Gasteiger partial charge in [-0.25, -0.2) is 4.79 Å². The van der Waals surface area contributed by atoms with Crippen molar-refractivity contribution in [2.45, 2.75) is 77.1 Å². The molecule has 0 saturated heterocycles. The van der Waals surface area contributed by atoms with Gasteiger partial charge in [0.2, 0.25) is 0 Å². The fraction of sp³-hybridized carbons (Fsp3) is 0.929. The number of amides is 1. The molecule has 0 spiro atoms. The molecule has 0 heterocycles. The molecule has 1 amide bonds. The molecular weight excluding hydrogens is 244 g/mol. The Labute approximate surface area is 116 Å². The van der Waals surface area contributed by atoms with Crippen molar-refractivity contribution in [1.29, 1.82) is 0 Å². The van der Waals surface area contributed by atoms with E-state index in [4.69, 9.17) is 9.84 Å². The summed E-state index contributed by atoms with van der Waals surface area (Å²) in [4.78, 5) is 11.6. The smallest absolute Gasteiger partial charge is 0.407 e. The molecule has 0 aromatic carbocycles. The SMILES string of the molecule is CCC(CCO)NC1CC(NC(=O)OC(C)(C)C)C1. The molecule has 0 bridgehead atoms. The summed E-state index contributed by atoms with van der Waals surface area (Å²) in [5.74, 6) is 0. The van der Waals surface area contributed by atoms with Gasteiger partial charge in [0, 0.05) is 24.7 Å². The van der Waals surface area contributed by atoms with E-state index in [0.717, 1.165) is 25.7 Å². The summed E-state index contributed by atoms with van der Waals surface area (Å²) in [5, 5.41) is 15.3. The number of aliphatic hydroxyl groups is 1. The Morgan fingerprint density at radius 3 is 2.47 bits per heavy atom. The third-order valence-corrected chi connectivity index (χ3v) is 3.30. The summed E-state index contributed by atoms with van der Waals surface area (Å²) in [6, 6.07) is 1.02. The Morgan fingerprint density at radius 2 is 2.00 bits per heavy atom. The Hall–Kier alpha value is -0.810. The summed E-state index contributed by atoms with van der Waals surface area (Å²) in [6.07, 6.45) is 3.33. The number of nitrogens with one attached hydrogen (secondary N) is 2. The maximum Gasteiger partial charge on any atom is 0.407 e. The minimum absolute atomic E-state index is 0.207. The normalized spacial score (nSPS) is 24.5. The number of aliphatic hydroxyl groups excluding tert-OH is 1. The highest BCUT2D eigenvalue weighted by atomic mass is 16.6. The number of hydrogen-bond donors (Lipinski definition) is 3. The Balaban J connectivity index is 2.18. The minimum Gasteiger partial charge on any atom is -0.444 e. The first-order chi connectivity index (χ1) is 8.84. The van der Waals surface area contributed by atoms with E-state index in [2.05, 4.69) is 17.6 Å². The predicted molar refractivity (Wildman–Crippen MR) is 75.1 cm³/mol. The van der Waals surface area contributed by atoms with Crippen LogP contribution in [0.5, 0.6) is 0 Å². The van der Waals surface area contributed by atoms with Crippen LogP contribution in [0, 0.1) is 0 Å². The molecule has 0 aromatic rings. The van der Waals surface area contributed by atoms with Gasteiger partial charge in [0.05, 0.1) is 0 Å². The van der Waals surface area contributed by atoms with Crippen molar-refractivity contribution < 1.29 is 14.6 Å². The second kappa shape index (κ2) is 7.10. The maximum absolute atomic E-state index is 11.6. The first-order valence-electron chi connectivity index (χ1n) is 7.20. The van der Waals surface area contributed by atoms with Crippen molar-refractivity contribution in [3.63, 3.8) is 0 Å². The van der Waals surface area contributed by atoms with Gasteiger partial charge in [0.25, 0.3) is 0 Å². The molecule has 5 heteroatoms. The Bertz CT molecular complexity index is 283. The van der Waals surface area contributed by atoms with E-state index in [0.29, 0.717) is 12.1 Å². The lowest BCUT2D eigenvalue weighted by Gasteiger charge is -2.38. The average molecular weight is 272 g/mol. The number of carbonyl (C=O) groups is 1. The van der Waals surface area contributed by atoms with Crippen LogP contribution < -0.4 is 10.6 Å². The quantitative estimate of drug-likeness (QED) is 0.689. The van der Waals surface area contributed by atoms with Crippen molar-refractivity contribution in [2.24, 2.45) is 0 Å². The molecule has 1 aliphatic carbocycles. The molecule has 0 aliphatic heterocycles. The van der Waals surface area contributed by atoms with Crippen LogP contribution in [-0.4, -0.2) is 41.5 Å². The van der Waals surface area contributed by atoms with Crippen molar-refractivity contribution in [2.75, 3.05) is 6.61 Å². The fourth-order valence-corrected chi connectivity index (χ4v) is 2.24. The lowest BCUT2D eigenvalue weighted by molar-refractivity contribution is 0.0462. The molecular formula is C14H28N2O3. The fourth-order valence-electron chi connectivity index (χ4n) is 2.24. The van der Waals surface area contributed by atoms with Gasteiger partial charge in [-0.1, -0.05) is 6.92 Å². The summed E-state index contributed by atoms with van der Waals surface area (Å²) in [6.45, 7) is 7.91. The Kier molecular flexibility index (Phi) is 6.07. The van der Waals surface area contributed by atoms with E-state index in [1.54, 1.807) is 0 Å². The van der Waals surface area contributed by atoms with Crippen LogP contribution in [0.1, 0.15) is 53.4 Å². The standard InChI is InChI=1S/C14H28N2O3/c1-5-10(6-7-17)15-11-8-12(9-11)16-13(18)19-14(2,3)4/h10-12,15,17H,5-9H2,1-4H3,(H,16,18). The predicted octanol–water partition coefficient (Wildman–Crippen LogP) is 1.79. The number of hydrogen-bond acceptors (Lipinski definition) is 4. The Morgan fingerprint density at radius 1 is 1.37 bits per heavy atom. The zero-order chi connectivity index (χ0) is 14.5. The molecule has 0 radical (unpaired) electrons. The van der Waals surface area contributed by atoms with Gasteiger partial charge in [-0.3, -0.25) is 0 Å². The van der Waals surface area contributed by atoms with Gasteiger partial charge < -0.3 is 20.5 Å². The van der Waals surface area contributed by atoms with Gasteiger partial charge in [-0.05, 0) is 46.5 Å². The summed E-state index contributed by atoms with van der Waals surface area (Å²) >= 11 is 0. The van der Waals surface area contributed by atoms with Gasteiger partial charge in [0.15, 0.2) is 0 Å². The monoisotopic (exact) mass is 272 g/mol. The second-order valence-corrected chi connectivity index (χ2v) is 6.30. The van der Waals surface area contributed by atoms with Gasteiger partial charge in [-0.2, -0.15) is 0 Å². The van der Waals surface area contributed by atoms with Crippen molar-refractivity contribution >= 4 is 6.09 Å². The zero-order valence-electron chi connectivity index (χ0n) is 12.5. The molecule has 112 valence electrons. The van der Waals surface area contributed by atoms with Crippen LogP contribution >= 0.6 is 0 Å². The van der Waals surface area contributed by atoms with Gasteiger partial charge in [0.1, 0.15) is 5.60 Å². The third kappa shape index (κ3) is 6.25. The zero-order valence-corrected chi connectivity index (χ0v) is 12.5. The first-order valence-corrected chi connectivity index (χ1v) is 7.20. The highest BCUT2D eigenvalue weighted by Crippen LogP contribution is 2.22. The average Bonchev–Trinajstić information content (AvgIpc) is 2.22. The second-order valence-electron chi connectivity index (χ2n) is 6.30. The summed E-state index contributed by atoms with van der Waals surface area (Å²) < 4.78 is 5.22. The van der Waals surface area contributed by atoms with Crippen LogP contribution in [0.4, 0.5) is 4.79 Å². The van der Waals surface area contributed by atoms with Crippen LogP contribution in [0.25, 0.3) is 0 Å². The largest absolute Gasteiger partial charge is 0.444 e. The van der Waals surface area contributed by atoms with Crippen LogP contribution in [-0.2, 0) is 4.74 Å². The highest BCUT2D eigenvalue weighted by Gasteiger charge is 2.32. The number of carbonyl (C=O) groups excluding carboxylic acids is 1. The molecule has 0 aromatic heterocycles. The lowest BCUT2D eigenvalue weighted by atomic mass is 9.86.